The molecule has 2 rings (SSSR count). The highest BCUT2D eigenvalue weighted by atomic mass is 35.5. The van der Waals surface area contributed by atoms with Crippen LogP contribution in [-0.2, 0) is 33.6 Å². The van der Waals surface area contributed by atoms with Crippen molar-refractivity contribution >= 4 is 63.8 Å². The van der Waals surface area contributed by atoms with Crippen molar-refractivity contribution in [2.24, 2.45) is 23.7 Å². The number of halogens is 2. The molecule has 0 aromatic rings. The van der Waals surface area contributed by atoms with Crippen LogP contribution in [0.15, 0.2) is 0 Å². The molecule has 52 heavy (non-hydrogen) atoms. The van der Waals surface area contributed by atoms with Crippen LogP contribution >= 0.6 is 23.2 Å². The van der Waals surface area contributed by atoms with Gasteiger partial charge in [0, 0.05) is 82.2 Å². The maximum atomic E-state index is 13.1. The molecule has 0 aromatic carbocycles. The molecule has 0 spiro atoms. The van der Waals surface area contributed by atoms with E-state index in [9.17, 15) is 33.6 Å². The Balaban J connectivity index is 0.000000935. The van der Waals surface area contributed by atoms with Gasteiger partial charge in [0.25, 0.3) is 0 Å². The van der Waals surface area contributed by atoms with Gasteiger partial charge < -0.3 is 19.8 Å². The molecule has 2 fully saturated rings. The monoisotopic (exact) mass is 772 g/mol. The second-order valence-electron chi connectivity index (χ2n) is 14.6. The molecule has 0 bridgehead atoms. The summed E-state index contributed by atoms with van der Waals surface area (Å²) < 4.78 is 0. The third-order valence-electron chi connectivity index (χ3n) is 10.3. The van der Waals surface area contributed by atoms with Gasteiger partial charge in [-0.15, -0.1) is 23.2 Å². The van der Waals surface area contributed by atoms with Gasteiger partial charge in [-0.2, -0.15) is 0 Å². The van der Waals surface area contributed by atoms with E-state index < -0.39 is 0 Å². The zero-order valence-corrected chi connectivity index (χ0v) is 34.6. The van der Waals surface area contributed by atoms with Crippen LogP contribution in [-0.4, -0.2) is 77.0 Å². The number of carbonyl (C=O) groups is 7. The molecule has 2 aliphatic rings. The van der Waals surface area contributed by atoms with Crippen molar-refractivity contribution in [1.82, 2.24) is 10.2 Å². The van der Waals surface area contributed by atoms with Crippen LogP contribution in [0.3, 0.4) is 0 Å². The molecule has 9 nitrogen and oxygen atoms in total. The van der Waals surface area contributed by atoms with Crippen LogP contribution in [0.25, 0.3) is 0 Å². The molecule has 1 N–H and O–H groups in total. The first-order valence-electron chi connectivity index (χ1n) is 20.0. The van der Waals surface area contributed by atoms with E-state index in [1.165, 1.54) is 0 Å². The van der Waals surface area contributed by atoms with Crippen LogP contribution in [0.4, 0.5) is 0 Å². The average Bonchev–Trinajstić information content (AvgIpc) is 3.09. The average molecular weight is 774 g/mol. The van der Waals surface area contributed by atoms with Crippen molar-refractivity contribution in [1.29, 1.82) is 0 Å². The van der Waals surface area contributed by atoms with Crippen molar-refractivity contribution in [2.45, 2.75) is 163 Å². The second-order valence-corrected chi connectivity index (χ2v) is 15.4. The summed E-state index contributed by atoms with van der Waals surface area (Å²) in [5, 5.41) is 3.63. The second kappa shape index (κ2) is 31.4. The number of Topliss-reactive ketones (excluding diaryl/α,β-unsaturated/α-hetero) is 6. The number of rotatable bonds is 12. The Labute approximate surface area is 324 Å². The number of carbonyl (C=O) groups excluding carboxylic acids is 7. The minimum absolute atomic E-state index is 0.0482. The molecule has 4 atom stereocenters. The van der Waals surface area contributed by atoms with Crippen molar-refractivity contribution in [3.8, 4) is 0 Å². The van der Waals surface area contributed by atoms with Crippen molar-refractivity contribution < 1.29 is 33.6 Å². The van der Waals surface area contributed by atoms with E-state index in [2.05, 4.69) is 5.32 Å². The van der Waals surface area contributed by atoms with Crippen molar-refractivity contribution in [3.63, 3.8) is 0 Å². The molecule has 0 radical (unpaired) electrons. The van der Waals surface area contributed by atoms with Gasteiger partial charge in [0.1, 0.15) is 34.7 Å². The van der Waals surface area contributed by atoms with Crippen molar-refractivity contribution in [2.75, 3.05) is 31.5 Å². The predicted molar refractivity (Wildman–Crippen MR) is 211 cm³/mol. The fraction of sp³-hybridized carbons (Fsp3) is 0.829. The quantitative estimate of drug-likeness (QED) is 0.195. The van der Waals surface area contributed by atoms with Gasteiger partial charge in [-0.3, -0.25) is 24.0 Å². The van der Waals surface area contributed by atoms with Crippen LogP contribution in [0.2, 0.25) is 0 Å². The summed E-state index contributed by atoms with van der Waals surface area (Å²) in [5.74, 6) is 0.516. The molecule has 4 unspecified atom stereocenters. The number of nitrogens with zero attached hydrogens (tertiary/aromatic N) is 1. The van der Waals surface area contributed by atoms with Crippen LogP contribution < -0.4 is 5.32 Å². The third kappa shape index (κ3) is 24.4. The molecule has 0 aromatic heterocycles. The summed E-state index contributed by atoms with van der Waals surface area (Å²) in [6.45, 7) is 11.9. The van der Waals surface area contributed by atoms with E-state index in [0.717, 1.165) is 96.8 Å². The van der Waals surface area contributed by atoms with Gasteiger partial charge >= 0.3 is 0 Å². The molecule has 2 saturated heterocycles. The van der Waals surface area contributed by atoms with Gasteiger partial charge in [-0.1, -0.05) is 39.5 Å². The molecule has 1 amide bonds. The molecule has 2 aliphatic heterocycles. The number of alkyl halides is 2. The maximum Gasteiger partial charge on any atom is 0.219 e. The molecule has 11 heteroatoms. The lowest BCUT2D eigenvalue weighted by Crippen LogP contribution is -2.32. The summed E-state index contributed by atoms with van der Waals surface area (Å²) in [7, 11) is 0. The summed E-state index contributed by atoms with van der Waals surface area (Å²) in [5.41, 5.74) is 0. The number of nitrogens with one attached hydrogen (secondary N) is 1. The molecule has 300 valence electrons. The lowest BCUT2D eigenvalue weighted by atomic mass is 9.80. The van der Waals surface area contributed by atoms with Gasteiger partial charge in [-0.25, -0.2) is 0 Å². The third-order valence-corrected chi connectivity index (χ3v) is 10.3. The van der Waals surface area contributed by atoms with Gasteiger partial charge in [0.05, 0.1) is 5.34 Å². The Kier molecular flexibility index (Phi) is 30.2. The first-order chi connectivity index (χ1) is 24.8. The summed E-state index contributed by atoms with van der Waals surface area (Å²) >= 11 is 9.53. The van der Waals surface area contributed by atoms with E-state index in [1.54, 1.807) is 20.8 Å². The minimum Gasteiger partial charge on any atom is -0.343 e. The van der Waals surface area contributed by atoms with Gasteiger partial charge in [-0.05, 0) is 91.1 Å². The molecule has 0 aliphatic carbocycles. The minimum atomic E-state index is -0.232. The van der Waals surface area contributed by atoms with E-state index in [0.29, 0.717) is 57.8 Å². The topological polar surface area (TPSA) is 135 Å². The van der Waals surface area contributed by atoms with Crippen LogP contribution in [0.5, 0.6) is 0 Å². The van der Waals surface area contributed by atoms with Crippen molar-refractivity contribution in [3.05, 3.63) is 0 Å². The lowest BCUT2D eigenvalue weighted by molar-refractivity contribution is -0.132. The Bertz CT molecular complexity index is 1080. The van der Waals surface area contributed by atoms with E-state index >= 15 is 0 Å². The predicted octanol–water partition coefficient (Wildman–Crippen LogP) is 8.62. The van der Waals surface area contributed by atoms with E-state index in [1.807, 2.05) is 18.7 Å². The SMILES string of the molecule is CCC(=O)CC1CCCCN(C(C)=O)CCCCC(CCC(C)=O)C1=O.CCC(=O)CC1CCCCNCCCCC(CCC(C)=O)C1=O.ClCCl. The molecule has 0 saturated carbocycles. The smallest absolute Gasteiger partial charge is 0.219 e. The Hall–Kier alpha value is -1.97. The highest BCUT2D eigenvalue weighted by Gasteiger charge is 2.30. The fourth-order valence-corrected chi connectivity index (χ4v) is 7.03. The van der Waals surface area contributed by atoms with Crippen LogP contribution in [0.1, 0.15) is 163 Å². The largest absolute Gasteiger partial charge is 0.343 e. The zero-order valence-electron chi connectivity index (χ0n) is 33.0. The molecular formula is C41H70Cl2N2O7. The fourth-order valence-electron chi connectivity index (χ4n) is 7.03. The highest BCUT2D eigenvalue weighted by molar-refractivity contribution is 6.40. The number of ketones is 6. The number of hydrogen-bond acceptors (Lipinski definition) is 8. The first kappa shape index (κ1) is 50.0. The summed E-state index contributed by atoms with van der Waals surface area (Å²) in [4.78, 5) is 86.1. The van der Waals surface area contributed by atoms with Crippen LogP contribution in [0, 0.1) is 23.7 Å². The van der Waals surface area contributed by atoms with E-state index in [4.69, 9.17) is 23.2 Å². The number of amides is 1. The number of hydrogen-bond donors (Lipinski definition) is 1. The summed E-state index contributed by atoms with van der Waals surface area (Å²) in [6, 6.07) is 0. The maximum absolute atomic E-state index is 13.1. The Morgan fingerprint density at radius 2 is 0.942 bits per heavy atom. The highest BCUT2D eigenvalue weighted by Crippen LogP contribution is 2.28. The standard InChI is InChI=1S/C21H35NO4.C19H33NO3.CH2Cl2/c1-4-20(25)15-19-10-6-8-14-22(17(3)24)13-7-5-9-18(21(19)26)12-11-16(2)23;1-3-18(22)14-17-9-5-7-13-20-12-6-4-8-16(19(17)23)11-10-15(2)21;2-1-3/h18-19H,4-15H2,1-3H3;16-17,20H,3-14H2,1-2H3;1H2. The zero-order chi connectivity index (χ0) is 39.3. The Morgan fingerprint density at radius 3 is 1.27 bits per heavy atom. The Morgan fingerprint density at radius 1 is 0.596 bits per heavy atom. The normalized spacial score (nSPS) is 22.7. The lowest BCUT2D eigenvalue weighted by Gasteiger charge is -2.26. The van der Waals surface area contributed by atoms with Gasteiger partial charge in [0.15, 0.2) is 0 Å². The van der Waals surface area contributed by atoms with E-state index in [-0.39, 0.29) is 69.6 Å². The molecular weight excluding hydrogens is 703 g/mol. The van der Waals surface area contributed by atoms with Gasteiger partial charge in [0.2, 0.25) is 5.91 Å². The summed E-state index contributed by atoms with van der Waals surface area (Å²) in [6.07, 6.45) is 14.5. The molecule has 2 heterocycles. The first-order valence-corrected chi connectivity index (χ1v) is 21.1.